The Balaban J connectivity index is 1.39. The number of nitrogens with zero attached hydrogens (tertiary/aromatic N) is 4. The Bertz CT molecular complexity index is 774. The fourth-order valence-corrected chi connectivity index (χ4v) is 4.83. The minimum Gasteiger partial charge on any atom is -0.396 e. The third kappa shape index (κ3) is 5.07. The predicted molar refractivity (Wildman–Crippen MR) is 117 cm³/mol. The topological polar surface area (TPSA) is 58.6 Å². The van der Waals surface area contributed by atoms with Crippen LogP contribution in [-0.4, -0.2) is 89.5 Å². The first kappa shape index (κ1) is 20.5. The summed E-state index contributed by atoms with van der Waals surface area (Å²) in [6, 6.07) is 8.61. The average molecular weight is 398 g/mol. The summed E-state index contributed by atoms with van der Waals surface area (Å²) in [6.45, 7) is 11.1. The molecule has 0 spiro atoms. The van der Waals surface area contributed by atoms with Gasteiger partial charge in [0.2, 0.25) is 0 Å². The van der Waals surface area contributed by atoms with Gasteiger partial charge in [0, 0.05) is 51.4 Å². The highest BCUT2D eigenvalue weighted by molar-refractivity contribution is 5.62. The zero-order chi connectivity index (χ0) is 20.2. The van der Waals surface area contributed by atoms with E-state index in [1.165, 1.54) is 36.2 Å². The third-order valence-electron chi connectivity index (χ3n) is 6.64. The van der Waals surface area contributed by atoms with Crippen LogP contribution in [0.4, 0.5) is 0 Å². The second-order valence-electron chi connectivity index (χ2n) is 8.99. The zero-order valence-corrected chi connectivity index (χ0v) is 17.8. The van der Waals surface area contributed by atoms with E-state index in [-0.39, 0.29) is 6.61 Å². The maximum Gasteiger partial charge on any atom is 0.0695 e. The molecule has 2 aromatic rings. The summed E-state index contributed by atoms with van der Waals surface area (Å²) < 4.78 is 0. The molecular formula is C23H35N5O. The fourth-order valence-electron chi connectivity index (χ4n) is 4.83. The van der Waals surface area contributed by atoms with Gasteiger partial charge in [-0.25, -0.2) is 0 Å². The number of likely N-dealkylation sites (tertiary alicyclic amines) is 1. The van der Waals surface area contributed by atoms with E-state index < -0.39 is 0 Å². The van der Waals surface area contributed by atoms with Crippen molar-refractivity contribution in [3.05, 3.63) is 41.6 Å². The number of benzene rings is 1. The first-order valence-electron chi connectivity index (χ1n) is 11.0. The highest BCUT2D eigenvalue weighted by Gasteiger charge is 2.34. The molecule has 0 unspecified atom stereocenters. The number of likely N-dealkylation sites (N-methyl/N-ethyl adjacent to an activating group) is 1. The largest absolute Gasteiger partial charge is 0.396 e. The van der Waals surface area contributed by atoms with Crippen LogP contribution in [0.15, 0.2) is 30.5 Å². The maximum absolute atomic E-state index is 9.99. The number of hydrogen-bond acceptors (Lipinski definition) is 5. The lowest BCUT2D eigenvalue weighted by Gasteiger charge is -2.26. The van der Waals surface area contributed by atoms with Gasteiger partial charge in [0.1, 0.15) is 0 Å². The van der Waals surface area contributed by atoms with Gasteiger partial charge in [0.25, 0.3) is 0 Å². The van der Waals surface area contributed by atoms with E-state index in [1.807, 2.05) is 6.20 Å². The number of rotatable bonds is 6. The van der Waals surface area contributed by atoms with Crippen LogP contribution >= 0.6 is 0 Å². The molecule has 0 aliphatic carbocycles. The van der Waals surface area contributed by atoms with Crippen LogP contribution in [0.1, 0.15) is 17.5 Å². The molecule has 2 atom stereocenters. The van der Waals surface area contributed by atoms with E-state index in [4.69, 9.17) is 0 Å². The number of aromatic nitrogens is 2. The minimum atomic E-state index is 0.283. The van der Waals surface area contributed by atoms with Gasteiger partial charge < -0.3 is 14.9 Å². The number of nitrogens with one attached hydrogen (secondary N) is 1. The molecule has 0 saturated carbocycles. The second-order valence-corrected chi connectivity index (χ2v) is 8.99. The maximum atomic E-state index is 9.99. The van der Waals surface area contributed by atoms with Crippen LogP contribution < -0.4 is 0 Å². The highest BCUT2D eigenvalue weighted by Crippen LogP contribution is 2.28. The van der Waals surface area contributed by atoms with E-state index in [0.717, 1.165) is 45.0 Å². The first-order chi connectivity index (χ1) is 14.1. The standard InChI is InChI=1S/C23H35N5O/c1-18-4-6-19(7-5-18)23-20(12-24-25-23)13-28-15-21(22(16-28)17-29)14-27-9-3-8-26(2)10-11-27/h4-7,12,21-22,29H,3,8-11,13-17H2,1-2H3,(H,24,25)/t21-,22-/m1/s1. The van der Waals surface area contributed by atoms with Gasteiger partial charge in [-0.1, -0.05) is 29.8 Å². The average Bonchev–Trinajstić information content (AvgIpc) is 3.27. The van der Waals surface area contributed by atoms with Crippen molar-refractivity contribution in [2.45, 2.75) is 19.9 Å². The predicted octanol–water partition coefficient (Wildman–Crippen LogP) is 2.06. The molecule has 0 bridgehead atoms. The molecule has 1 aromatic heterocycles. The van der Waals surface area contributed by atoms with Gasteiger partial charge in [-0.2, -0.15) is 5.10 Å². The molecule has 3 heterocycles. The number of aryl methyl sites for hydroxylation is 1. The van der Waals surface area contributed by atoms with Crippen LogP contribution in [0.2, 0.25) is 0 Å². The van der Waals surface area contributed by atoms with Crippen LogP contribution in [0.3, 0.4) is 0 Å². The molecule has 2 fully saturated rings. The van der Waals surface area contributed by atoms with E-state index in [0.29, 0.717) is 11.8 Å². The van der Waals surface area contributed by atoms with Crippen molar-refractivity contribution >= 4 is 0 Å². The van der Waals surface area contributed by atoms with Gasteiger partial charge in [-0.15, -0.1) is 0 Å². The van der Waals surface area contributed by atoms with E-state index in [9.17, 15) is 5.11 Å². The Morgan fingerprint density at radius 1 is 1.03 bits per heavy atom. The van der Waals surface area contributed by atoms with Crippen LogP contribution in [0.25, 0.3) is 11.3 Å². The van der Waals surface area contributed by atoms with Crippen LogP contribution in [0.5, 0.6) is 0 Å². The molecule has 2 aliphatic rings. The summed E-state index contributed by atoms with van der Waals surface area (Å²) in [5, 5.41) is 17.5. The van der Waals surface area contributed by atoms with Gasteiger partial charge in [0.05, 0.1) is 11.9 Å². The van der Waals surface area contributed by atoms with Gasteiger partial charge in [-0.05, 0) is 50.9 Å². The number of aliphatic hydroxyl groups excluding tert-OH is 1. The van der Waals surface area contributed by atoms with Crippen molar-refractivity contribution < 1.29 is 5.11 Å². The van der Waals surface area contributed by atoms with Crippen molar-refractivity contribution in [2.75, 3.05) is 59.5 Å². The Labute approximate surface area is 174 Å². The number of H-pyrrole nitrogens is 1. The molecule has 2 saturated heterocycles. The number of hydrogen-bond donors (Lipinski definition) is 2. The summed E-state index contributed by atoms with van der Waals surface area (Å²) in [6.07, 6.45) is 3.20. The lowest BCUT2D eigenvalue weighted by Crippen LogP contribution is -2.36. The molecule has 0 amide bonds. The van der Waals surface area contributed by atoms with E-state index in [2.05, 4.69) is 63.1 Å². The molecule has 29 heavy (non-hydrogen) atoms. The fraction of sp³-hybridized carbons (Fsp3) is 0.609. The molecule has 0 radical (unpaired) electrons. The van der Waals surface area contributed by atoms with Gasteiger partial charge in [-0.3, -0.25) is 10.00 Å². The van der Waals surface area contributed by atoms with Crippen LogP contribution in [0, 0.1) is 18.8 Å². The number of aromatic amines is 1. The Kier molecular flexibility index (Phi) is 6.65. The van der Waals surface area contributed by atoms with E-state index >= 15 is 0 Å². The van der Waals surface area contributed by atoms with E-state index in [1.54, 1.807) is 0 Å². The number of aliphatic hydroxyl groups is 1. The van der Waals surface area contributed by atoms with Gasteiger partial charge >= 0.3 is 0 Å². The summed E-state index contributed by atoms with van der Waals surface area (Å²) in [7, 11) is 2.22. The van der Waals surface area contributed by atoms with Gasteiger partial charge in [0.15, 0.2) is 0 Å². The summed E-state index contributed by atoms with van der Waals surface area (Å²) in [5.74, 6) is 0.906. The minimum absolute atomic E-state index is 0.283. The molecule has 2 aliphatic heterocycles. The summed E-state index contributed by atoms with van der Waals surface area (Å²) >= 11 is 0. The molecule has 4 rings (SSSR count). The second kappa shape index (κ2) is 9.39. The third-order valence-corrected chi connectivity index (χ3v) is 6.64. The molecule has 6 heteroatoms. The Morgan fingerprint density at radius 3 is 2.62 bits per heavy atom. The van der Waals surface area contributed by atoms with Crippen molar-refractivity contribution in [1.82, 2.24) is 24.9 Å². The molecule has 2 N–H and O–H groups in total. The summed E-state index contributed by atoms with van der Waals surface area (Å²) in [5.41, 5.74) is 4.81. The smallest absolute Gasteiger partial charge is 0.0695 e. The zero-order valence-electron chi connectivity index (χ0n) is 17.8. The highest BCUT2D eigenvalue weighted by atomic mass is 16.3. The Hall–Kier alpha value is -1.73. The molecule has 158 valence electrons. The Morgan fingerprint density at radius 2 is 1.83 bits per heavy atom. The monoisotopic (exact) mass is 397 g/mol. The quantitative estimate of drug-likeness (QED) is 0.781. The molecule has 1 aromatic carbocycles. The van der Waals surface area contributed by atoms with Crippen molar-refractivity contribution in [2.24, 2.45) is 11.8 Å². The van der Waals surface area contributed by atoms with Crippen molar-refractivity contribution in [3.63, 3.8) is 0 Å². The van der Waals surface area contributed by atoms with Crippen LogP contribution in [-0.2, 0) is 6.54 Å². The van der Waals surface area contributed by atoms with Crippen molar-refractivity contribution in [1.29, 1.82) is 0 Å². The normalized spacial score (nSPS) is 24.8. The summed E-state index contributed by atoms with van der Waals surface area (Å²) in [4.78, 5) is 7.53. The first-order valence-corrected chi connectivity index (χ1v) is 11.0. The lowest BCUT2D eigenvalue weighted by atomic mass is 9.96. The molecular weight excluding hydrogens is 362 g/mol. The SMILES string of the molecule is Cc1ccc(-c2[nH]ncc2CN2C[C@@H](CN3CCCN(C)CC3)[C@@H](CO)C2)cc1. The lowest BCUT2D eigenvalue weighted by molar-refractivity contribution is 0.165. The van der Waals surface area contributed by atoms with Crippen molar-refractivity contribution in [3.8, 4) is 11.3 Å². The molecule has 6 nitrogen and oxygen atoms in total.